The van der Waals surface area contributed by atoms with Crippen LogP contribution in [0.25, 0.3) is 33.5 Å². The van der Waals surface area contributed by atoms with Gasteiger partial charge in [-0.1, -0.05) is 12.1 Å². The Kier molecular flexibility index (Phi) is 6.51. The molecule has 2 aromatic heterocycles. The largest absolute Gasteiger partial charge is 0.490 e. The van der Waals surface area contributed by atoms with Crippen molar-refractivity contribution in [2.45, 2.75) is 6.18 Å². The van der Waals surface area contributed by atoms with E-state index >= 15 is 0 Å². The lowest BCUT2D eigenvalue weighted by atomic mass is 10.2. The lowest BCUT2D eigenvalue weighted by Crippen LogP contribution is -2.47. The molecule has 3 N–H and O–H groups in total. The quantitative estimate of drug-likeness (QED) is 0.260. The first kappa shape index (κ1) is 25.1. The maximum Gasteiger partial charge on any atom is 0.449 e. The van der Waals surface area contributed by atoms with Gasteiger partial charge in [-0.3, -0.25) is 4.90 Å². The molecule has 1 saturated heterocycles. The minimum Gasteiger partial charge on any atom is -0.490 e. The second-order valence-corrected chi connectivity index (χ2v) is 9.50. The number of fused-ring (bicyclic) bond motifs is 2. The van der Waals surface area contributed by atoms with Crippen molar-refractivity contribution < 1.29 is 17.9 Å². The predicted octanol–water partition coefficient (Wildman–Crippen LogP) is 5.37. The fourth-order valence-corrected chi connectivity index (χ4v) is 4.96. The Bertz CT molecular complexity index is 1580. The molecule has 1 fully saturated rings. The third kappa shape index (κ3) is 5.09. The summed E-state index contributed by atoms with van der Waals surface area (Å²) in [6, 6.07) is 19.2. The SMILES string of the molecule is CNc1ccc(-c2nc3c(N4CCN(CCOc5cccc6[nH]c(C(F)(F)F)nc56)CC4)cccc3[nH]2)cc1. The van der Waals surface area contributed by atoms with Gasteiger partial charge in [0.25, 0.3) is 0 Å². The van der Waals surface area contributed by atoms with Crippen molar-refractivity contribution in [3.63, 3.8) is 0 Å². The average molecular weight is 536 g/mol. The number of halogens is 3. The zero-order valence-corrected chi connectivity index (χ0v) is 21.3. The minimum absolute atomic E-state index is 0.194. The summed E-state index contributed by atoms with van der Waals surface area (Å²) in [5.74, 6) is 0.167. The third-order valence-corrected chi connectivity index (χ3v) is 7.06. The predicted molar refractivity (Wildman–Crippen MR) is 146 cm³/mol. The Morgan fingerprint density at radius 2 is 1.59 bits per heavy atom. The highest BCUT2D eigenvalue weighted by Crippen LogP contribution is 2.32. The van der Waals surface area contributed by atoms with Gasteiger partial charge in [0.15, 0.2) is 0 Å². The molecular weight excluding hydrogens is 507 g/mol. The van der Waals surface area contributed by atoms with E-state index in [1.54, 1.807) is 18.2 Å². The second-order valence-electron chi connectivity index (χ2n) is 9.50. The molecule has 3 aromatic carbocycles. The van der Waals surface area contributed by atoms with E-state index < -0.39 is 12.0 Å². The van der Waals surface area contributed by atoms with Crippen molar-refractivity contribution in [2.24, 2.45) is 0 Å². The molecule has 0 saturated carbocycles. The standard InChI is InChI=1S/C28H28F3N7O/c1-32-19-10-8-18(9-11-19)26-33-20-4-2-6-22(24(20)35-26)38-14-12-37(13-15-38)16-17-39-23-7-3-5-21-25(23)36-27(34-21)28(29,30)31/h2-11,32H,12-17H2,1H3,(H,33,35)(H,34,36). The third-order valence-electron chi connectivity index (χ3n) is 7.06. The van der Waals surface area contributed by atoms with Gasteiger partial charge >= 0.3 is 6.18 Å². The zero-order valence-electron chi connectivity index (χ0n) is 21.3. The van der Waals surface area contributed by atoms with E-state index in [1.807, 2.05) is 43.4 Å². The summed E-state index contributed by atoms with van der Waals surface area (Å²) in [7, 11) is 1.90. The number of hydrogen-bond donors (Lipinski definition) is 3. The van der Waals surface area contributed by atoms with Gasteiger partial charge < -0.3 is 24.9 Å². The molecule has 11 heteroatoms. The van der Waals surface area contributed by atoms with Gasteiger partial charge in [0.05, 0.1) is 16.7 Å². The number of hydrogen-bond acceptors (Lipinski definition) is 6. The van der Waals surface area contributed by atoms with Crippen LogP contribution in [0.5, 0.6) is 5.75 Å². The molecule has 0 amide bonds. The Labute approximate surface area is 222 Å². The lowest BCUT2D eigenvalue weighted by Gasteiger charge is -2.36. The van der Waals surface area contributed by atoms with E-state index in [2.05, 4.69) is 36.1 Å². The van der Waals surface area contributed by atoms with E-state index in [4.69, 9.17) is 9.72 Å². The number of H-pyrrole nitrogens is 2. The summed E-state index contributed by atoms with van der Waals surface area (Å²) in [6.45, 7) is 4.38. The molecule has 1 aliphatic heterocycles. The first-order valence-corrected chi connectivity index (χ1v) is 12.8. The van der Waals surface area contributed by atoms with Crippen molar-refractivity contribution in [3.8, 4) is 17.1 Å². The fourth-order valence-electron chi connectivity index (χ4n) is 4.96. The number of benzene rings is 3. The average Bonchev–Trinajstić information content (AvgIpc) is 3.59. The number of aromatic nitrogens is 4. The lowest BCUT2D eigenvalue weighted by molar-refractivity contribution is -0.144. The van der Waals surface area contributed by atoms with Crippen LogP contribution in [0.4, 0.5) is 24.5 Å². The summed E-state index contributed by atoms with van der Waals surface area (Å²) >= 11 is 0. The van der Waals surface area contributed by atoms with Gasteiger partial charge in [-0.15, -0.1) is 0 Å². The zero-order chi connectivity index (χ0) is 27.0. The van der Waals surface area contributed by atoms with Crippen LogP contribution in [0.3, 0.4) is 0 Å². The number of anilines is 2. The molecule has 0 atom stereocenters. The number of nitrogens with one attached hydrogen (secondary N) is 3. The van der Waals surface area contributed by atoms with Crippen molar-refractivity contribution >= 4 is 33.4 Å². The number of imidazole rings is 2. The number of alkyl halides is 3. The van der Waals surface area contributed by atoms with Crippen LogP contribution < -0.4 is 15.0 Å². The monoisotopic (exact) mass is 535 g/mol. The topological polar surface area (TPSA) is 85.1 Å². The second kappa shape index (κ2) is 10.1. The smallest absolute Gasteiger partial charge is 0.449 e. The molecule has 6 rings (SSSR count). The number of nitrogens with zero attached hydrogens (tertiary/aromatic N) is 4. The first-order chi connectivity index (χ1) is 18.9. The van der Waals surface area contributed by atoms with Crippen molar-refractivity contribution in [1.29, 1.82) is 0 Å². The fraction of sp³-hybridized carbons (Fsp3) is 0.286. The Hall–Kier alpha value is -4.25. The molecule has 0 unspecified atom stereocenters. The molecule has 0 bridgehead atoms. The van der Waals surface area contributed by atoms with Crippen LogP contribution in [0.1, 0.15) is 5.82 Å². The maximum absolute atomic E-state index is 13.0. The number of piperazine rings is 1. The van der Waals surface area contributed by atoms with E-state index in [-0.39, 0.29) is 5.52 Å². The highest BCUT2D eigenvalue weighted by atomic mass is 19.4. The summed E-state index contributed by atoms with van der Waals surface area (Å²) in [5, 5.41) is 3.13. The summed E-state index contributed by atoms with van der Waals surface area (Å²) in [6.07, 6.45) is -4.53. The van der Waals surface area contributed by atoms with E-state index in [0.29, 0.717) is 24.4 Å². The number of para-hydroxylation sites is 2. The summed E-state index contributed by atoms with van der Waals surface area (Å²) in [4.78, 5) is 19.0. The molecule has 3 heterocycles. The maximum atomic E-state index is 13.0. The normalized spacial score (nSPS) is 14.8. The molecule has 39 heavy (non-hydrogen) atoms. The Balaban J connectivity index is 1.08. The number of rotatable bonds is 7. The summed E-state index contributed by atoms with van der Waals surface area (Å²) in [5.41, 5.74) is 5.62. The molecule has 5 aromatic rings. The van der Waals surface area contributed by atoms with Crippen LogP contribution in [0, 0.1) is 0 Å². The molecule has 1 aliphatic rings. The minimum atomic E-state index is -4.53. The molecule has 202 valence electrons. The van der Waals surface area contributed by atoms with Crippen molar-refractivity contribution in [3.05, 3.63) is 66.5 Å². The van der Waals surface area contributed by atoms with Gasteiger partial charge in [-0.05, 0) is 48.5 Å². The van der Waals surface area contributed by atoms with Crippen LogP contribution in [0.15, 0.2) is 60.7 Å². The van der Waals surface area contributed by atoms with E-state index in [0.717, 1.165) is 60.0 Å². The van der Waals surface area contributed by atoms with E-state index in [1.165, 1.54) is 0 Å². The molecule has 0 radical (unpaired) electrons. The van der Waals surface area contributed by atoms with Crippen LogP contribution in [0.2, 0.25) is 0 Å². The van der Waals surface area contributed by atoms with Gasteiger partial charge in [0, 0.05) is 51.0 Å². The number of aromatic amines is 2. The van der Waals surface area contributed by atoms with Crippen LogP contribution in [-0.2, 0) is 6.18 Å². The highest BCUT2D eigenvalue weighted by molar-refractivity contribution is 5.91. The first-order valence-electron chi connectivity index (χ1n) is 12.8. The molecule has 8 nitrogen and oxygen atoms in total. The van der Waals surface area contributed by atoms with Gasteiger partial charge in [0.1, 0.15) is 29.2 Å². The van der Waals surface area contributed by atoms with Gasteiger partial charge in [-0.25, -0.2) is 9.97 Å². The van der Waals surface area contributed by atoms with E-state index in [9.17, 15) is 13.2 Å². The Morgan fingerprint density at radius 3 is 2.31 bits per heavy atom. The molecule has 0 spiro atoms. The molecule has 0 aliphatic carbocycles. The van der Waals surface area contributed by atoms with Crippen LogP contribution in [-0.4, -0.2) is 71.2 Å². The Morgan fingerprint density at radius 1 is 0.872 bits per heavy atom. The summed E-state index contributed by atoms with van der Waals surface area (Å²) < 4.78 is 45.0. The highest BCUT2D eigenvalue weighted by Gasteiger charge is 2.35. The number of ether oxygens (including phenoxy) is 1. The molecular formula is C28H28F3N7O. The van der Waals surface area contributed by atoms with Gasteiger partial charge in [-0.2, -0.15) is 13.2 Å². The van der Waals surface area contributed by atoms with Crippen molar-refractivity contribution in [2.75, 3.05) is 56.6 Å². The van der Waals surface area contributed by atoms with Gasteiger partial charge in [0.2, 0.25) is 5.82 Å². The van der Waals surface area contributed by atoms with Crippen molar-refractivity contribution in [1.82, 2.24) is 24.8 Å². The van der Waals surface area contributed by atoms with Crippen LogP contribution >= 0.6 is 0 Å².